The number of rotatable bonds is 2. The minimum atomic E-state index is -0.198. The van der Waals surface area contributed by atoms with Crippen molar-refractivity contribution >= 4 is 45.8 Å². The summed E-state index contributed by atoms with van der Waals surface area (Å²) in [5, 5.41) is 3.18. The van der Waals surface area contributed by atoms with Crippen LogP contribution in [0.25, 0.3) is 0 Å². The highest BCUT2D eigenvalue weighted by atomic mass is 127. The summed E-state index contributed by atoms with van der Waals surface area (Å²) in [5.74, 6) is -0.198. The molecule has 0 bridgehead atoms. The Labute approximate surface area is 117 Å². The number of nitrogens with zero attached hydrogens (tertiary/aromatic N) is 1. The highest BCUT2D eigenvalue weighted by Crippen LogP contribution is 2.20. The van der Waals surface area contributed by atoms with E-state index in [2.05, 4.69) is 32.9 Å². The van der Waals surface area contributed by atoms with Crippen LogP contribution in [-0.4, -0.2) is 10.9 Å². The van der Waals surface area contributed by atoms with Crippen molar-refractivity contribution in [3.05, 3.63) is 56.9 Å². The first-order valence-electron chi connectivity index (χ1n) is 4.83. The largest absolute Gasteiger partial charge is 0.319 e. The van der Waals surface area contributed by atoms with Crippen LogP contribution < -0.4 is 5.32 Å². The van der Waals surface area contributed by atoms with Crippen LogP contribution in [0.5, 0.6) is 0 Å². The molecule has 0 saturated heterocycles. The number of carbonyl (C=O) groups is 1. The second kappa shape index (κ2) is 5.46. The SMILES string of the molecule is O=C(Nc1cnccc1Cl)c1ccc(I)cc1. The number of nitrogens with one attached hydrogen (secondary N) is 1. The van der Waals surface area contributed by atoms with Crippen LogP contribution in [0.15, 0.2) is 42.7 Å². The number of halogens is 2. The molecule has 1 aromatic heterocycles. The van der Waals surface area contributed by atoms with Gasteiger partial charge in [0.15, 0.2) is 0 Å². The lowest BCUT2D eigenvalue weighted by Gasteiger charge is -2.06. The number of hydrogen-bond acceptors (Lipinski definition) is 2. The molecule has 0 aliphatic carbocycles. The summed E-state index contributed by atoms with van der Waals surface area (Å²) in [7, 11) is 0. The molecule has 3 nitrogen and oxygen atoms in total. The van der Waals surface area contributed by atoms with Crippen molar-refractivity contribution in [1.29, 1.82) is 0 Å². The summed E-state index contributed by atoms with van der Waals surface area (Å²) < 4.78 is 1.08. The standard InChI is InChI=1S/C12H8ClIN2O/c13-10-5-6-15-7-11(10)16-12(17)8-1-3-9(14)4-2-8/h1-7H,(H,16,17). The van der Waals surface area contributed by atoms with E-state index in [1.54, 1.807) is 24.4 Å². The number of anilines is 1. The van der Waals surface area contributed by atoms with E-state index in [9.17, 15) is 4.79 Å². The predicted octanol–water partition coefficient (Wildman–Crippen LogP) is 3.59. The van der Waals surface area contributed by atoms with E-state index in [4.69, 9.17) is 11.6 Å². The van der Waals surface area contributed by atoms with Gasteiger partial charge in [-0.1, -0.05) is 11.6 Å². The van der Waals surface area contributed by atoms with Crippen LogP contribution in [0.4, 0.5) is 5.69 Å². The lowest BCUT2D eigenvalue weighted by Crippen LogP contribution is -2.12. The predicted molar refractivity (Wildman–Crippen MR) is 76.4 cm³/mol. The molecule has 0 spiro atoms. The van der Waals surface area contributed by atoms with E-state index in [0.29, 0.717) is 16.3 Å². The fraction of sp³-hybridized carbons (Fsp3) is 0. The number of hydrogen-bond donors (Lipinski definition) is 1. The number of amides is 1. The van der Waals surface area contributed by atoms with Crippen molar-refractivity contribution in [1.82, 2.24) is 4.98 Å². The summed E-state index contributed by atoms with van der Waals surface area (Å²) in [4.78, 5) is 15.8. The van der Waals surface area contributed by atoms with Gasteiger partial charge in [0.1, 0.15) is 0 Å². The van der Waals surface area contributed by atoms with Crippen molar-refractivity contribution < 1.29 is 4.79 Å². The Hall–Kier alpha value is -1.14. The summed E-state index contributed by atoms with van der Waals surface area (Å²) in [6, 6.07) is 8.91. The Morgan fingerprint density at radius 1 is 1.24 bits per heavy atom. The molecule has 0 atom stereocenters. The molecule has 0 saturated carbocycles. The lowest BCUT2D eigenvalue weighted by molar-refractivity contribution is 0.102. The fourth-order valence-electron chi connectivity index (χ4n) is 1.27. The molecule has 17 heavy (non-hydrogen) atoms. The lowest BCUT2D eigenvalue weighted by atomic mass is 10.2. The van der Waals surface area contributed by atoms with Crippen molar-refractivity contribution in [3.63, 3.8) is 0 Å². The molecule has 5 heteroatoms. The van der Waals surface area contributed by atoms with Gasteiger partial charge in [-0.05, 0) is 52.9 Å². The van der Waals surface area contributed by atoms with E-state index in [-0.39, 0.29) is 5.91 Å². The van der Waals surface area contributed by atoms with Crippen LogP contribution in [0, 0.1) is 3.57 Å². The number of benzene rings is 1. The Morgan fingerprint density at radius 3 is 2.59 bits per heavy atom. The van der Waals surface area contributed by atoms with E-state index < -0.39 is 0 Å². The molecule has 0 aliphatic heterocycles. The second-order valence-corrected chi connectivity index (χ2v) is 4.97. The minimum absolute atomic E-state index is 0.198. The van der Waals surface area contributed by atoms with Crippen LogP contribution in [0.3, 0.4) is 0 Å². The van der Waals surface area contributed by atoms with Gasteiger partial charge < -0.3 is 5.32 Å². The van der Waals surface area contributed by atoms with E-state index in [1.807, 2.05) is 12.1 Å². The van der Waals surface area contributed by atoms with Crippen molar-refractivity contribution in [2.75, 3.05) is 5.32 Å². The van der Waals surface area contributed by atoms with Gasteiger partial charge in [0.25, 0.3) is 5.91 Å². The van der Waals surface area contributed by atoms with Crippen LogP contribution in [0.1, 0.15) is 10.4 Å². The molecule has 0 aliphatic rings. The van der Waals surface area contributed by atoms with Crippen LogP contribution in [-0.2, 0) is 0 Å². The topological polar surface area (TPSA) is 42.0 Å². The number of pyridine rings is 1. The molecule has 1 aromatic carbocycles. The molecule has 0 unspecified atom stereocenters. The molecule has 1 heterocycles. The van der Waals surface area contributed by atoms with E-state index >= 15 is 0 Å². The zero-order valence-electron chi connectivity index (χ0n) is 8.65. The summed E-state index contributed by atoms with van der Waals surface area (Å²) >= 11 is 8.11. The third-order valence-corrected chi connectivity index (χ3v) is 3.17. The monoisotopic (exact) mass is 358 g/mol. The van der Waals surface area contributed by atoms with E-state index in [1.165, 1.54) is 6.20 Å². The third-order valence-electron chi connectivity index (χ3n) is 2.12. The van der Waals surface area contributed by atoms with Crippen molar-refractivity contribution in [2.24, 2.45) is 0 Å². The maximum absolute atomic E-state index is 11.9. The van der Waals surface area contributed by atoms with Crippen LogP contribution >= 0.6 is 34.2 Å². The summed E-state index contributed by atoms with van der Waals surface area (Å²) in [6.45, 7) is 0. The highest BCUT2D eigenvalue weighted by Gasteiger charge is 2.07. The van der Waals surface area contributed by atoms with Crippen molar-refractivity contribution in [2.45, 2.75) is 0 Å². The van der Waals surface area contributed by atoms with Gasteiger partial charge in [-0.25, -0.2) is 0 Å². The smallest absolute Gasteiger partial charge is 0.255 e. The molecular weight excluding hydrogens is 351 g/mol. The zero-order valence-corrected chi connectivity index (χ0v) is 11.6. The second-order valence-electron chi connectivity index (χ2n) is 3.32. The molecule has 2 rings (SSSR count). The molecule has 1 N–H and O–H groups in total. The van der Waals surface area contributed by atoms with Gasteiger partial charge in [-0.15, -0.1) is 0 Å². The zero-order chi connectivity index (χ0) is 12.3. The van der Waals surface area contributed by atoms with E-state index in [0.717, 1.165) is 3.57 Å². The Kier molecular flexibility index (Phi) is 3.96. The fourth-order valence-corrected chi connectivity index (χ4v) is 1.78. The van der Waals surface area contributed by atoms with Gasteiger partial charge >= 0.3 is 0 Å². The maximum Gasteiger partial charge on any atom is 0.255 e. The Bertz CT molecular complexity index is 542. The summed E-state index contributed by atoms with van der Waals surface area (Å²) in [5.41, 5.74) is 1.10. The van der Waals surface area contributed by atoms with Crippen molar-refractivity contribution in [3.8, 4) is 0 Å². The summed E-state index contributed by atoms with van der Waals surface area (Å²) in [6.07, 6.45) is 3.09. The normalized spacial score (nSPS) is 10.0. The first-order chi connectivity index (χ1) is 8.16. The molecular formula is C12H8ClIN2O. The molecule has 86 valence electrons. The molecule has 1 amide bonds. The first kappa shape index (κ1) is 12.3. The van der Waals surface area contributed by atoms with Gasteiger partial charge in [-0.3, -0.25) is 9.78 Å². The average molecular weight is 359 g/mol. The molecule has 0 radical (unpaired) electrons. The number of carbonyl (C=O) groups excluding carboxylic acids is 1. The Morgan fingerprint density at radius 2 is 1.94 bits per heavy atom. The average Bonchev–Trinajstić information content (AvgIpc) is 2.33. The first-order valence-corrected chi connectivity index (χ1v) is 6.29. The molecule has 0 fully saturated rings. The van der Waals surface area contributed by atoms with Crippen LogP contribution in [0.2, 0.25) is 5.02 Å². The van der Waals surface area contributed by atoms with Gasteiger partial charge in [0.2, 0.25) is 0 Å². The molecule has 2 aromatic rings. The minimum Gasteiger partial charge on any atom is -0.319 e. The van der Waals surface area contributed by atoms with Gasteiger partial charge in [0, 0.05) is 15.3 Å². The van der Waals surface area contributed by atoms with Gasteiger partial charge in [0.05, 0.1) is 16.9 Å². The third kappa shape index (κ3) is 3.17. The highest BCUT2D eigenvalue weighted by molar-refractivity contribution is 14.1. The van der Waals surface area contributed by atoms with Gasteiger partial charge in [-0.2, -0.15) is 0 Å². The maximum atomic E-state index is 11.9. The Balaban J connectivity index is 2.17. The number of aromatic nitrogens is 1. The quantitative estimate of drug-likeness (QED) is 0.834.